The molecule has 0 aromatic carbocycles. The lowest BCUT2D eigenvalue weighted by Gasteiger charge is -1.93. The van der Waals surface area contributed by atoms with Crippen LogP contribution in [-0.4, -0.2) is 38.6 Å². The van der Waals surface area contributed by atoms with Crippen LogP contribution < -0.4 is 28.2 Å². The predicted molar refractivity (Wildman–Crippen MR) is 110 cm³/mol. The first-order chi connectivity index (χ1) is 14.1. The van der Waals surface area contributed by atoms with Crippen LogP contribution in [-0.2, 0) is 21.1 Å². The fraction of sp³-hybridized carbons (Fsp3) is 0.235. The van der Waals surface area contributed by atoms with Crippen LogP contribution in [0.1, 0.15) is 5.82 Å². The topological polar surface area (TPSA) is 179 Å². The summed E-state index contributed by atoms with van der Waals surface area (Å²) in [6, 6.07) is 2.86. The molecule has 0 radical (unpaired) electrons. The van der Waals surface area contributed by atoms with Crippen LogP contribution in [0.4, 0.5) is 5.82 Å². The van der Waals surface area contributed by atoms with E-state index < -0.39 is 0 Å². The van der Waals surface area contributed by atoms with Gasteiger partial charge in [-0.1, -0.05) is 0 Å². The maximum atomic E-state index is 11.2. The molecule has 0 aliphatic carbocycles. The third-order valence-corrected chi connectivity index (χ3v) is 3.68. The molecule has 13 nitrogen and oxygen atoms in total. The number of aryl methyl sites for hydroxylation is 4. The van der Waals surface area contributed by atoms with Crippen molar-refractivity contribution in [2.24, 2.45) is 21.1 Å². The highest BCUT2D eigenvalue weighted by Crippen LogP contribution is 2.01. The van der Waals surface area contributed by atoms with Crippen LogP contribution >= 0.6 is 0 Å². The van der Waals surface area contributed by atoms with E-state index in [4.69, 9.17) is 5.73 Å². The van der Waals surface area contributed by atoms with Gasteiger partial charge in [0.1, 0.15) is 11.6 Å². The summed E-state index contributed by atoms with van der Waals surface area (Å²) in [5, 5.41) is 0. The van der Waals surface area contributed by atoms with Crippen molar-refractivity contribution in [2.75, 3.05) is 5.73 Å². The number of nitrogens with zero attached hydrogens (tertiary/aromatic N) is 6. The second-order valence-corrected chi connectivity index (χ2v) is 6.15. The minimum absolute atomic E-state index is 0.182. The Morgan fingerprint density at radius 3 is 2.13 bits per heavy atom. The minimum Gasteiger partial charge on any atom is -0.383 e. The van der Waals surface area contributed by atoms with Gasteiger partial charge in [-0.3, -0.25) is 14.6 Å². The average molecular weight is 415 g/mol. The van der Waals surface area contributed by atoms with Crippen LogP contribution in [0.3, 0.4) is 0 Å². The summed E-state index contributed by atoms with van der Waals surface area (Å²) in [4.78, 5) is 59.0. The van der Waals surface area contributed by atoms with Gasteiger partial charge in [-0.05, 0) is 13.0 Å². The van der Waals surface area contributed by atoms with Crippen molar-refractivity contribution < 1.29 is 0 Å². The molecule has 0 unspecified atom stereocenters. The highest BCUT2D eigenvalue weighted by atomic mass is 16.2. The molecule has 0 spiro atoms. The lowest BCUT2D eigenvalue weighted by atomic mass is 10.5. The third-order valence-electron chi connectivity index (χ3n) is 3.68. The van der Waals surface area contributed by atoms with Crippen molar-refractivity contribution in [1.29, 1.82) is 0 Å². The predicted octanol–water partition coefficient (Wildman–Crippen LogP) is -1.60. The lowest BCUT2D eigenvalue weighted by Crippen LogP contribution is -2.26. The van der Waals surface area contributed by atoms with Gasteiger partial charge in [0.2, 0.25) is 0 Å². The van der Waals surface area contributed by atoms with E-state index in [9.17, 15) is 19.2 Å². The molecule has 0 aliphatic heterocycles. The number of H-pyrrole nitrogens is 2. The summed E-state index contributed by atoms with van der Waals surface area (Å²) in [5.74, 6) is 0.870. The van der Waals surface area contributed by atoms with Gasteiger partial charge < -0.3 is 24.4 Å². The van der Waals surface area contributed by atoms with E-state index in [1.54, 1.807) is 51.2 Å². The number of hydrogen-bond donors (Lipinski definition) is 3. The number of rotatable bonds is 0. The number of aromatic nitrogens is 8. The number of anilines is 1. The zero-order valence-electron chi connectivity index (χ0n) is 16.8. The number of fused-ring (bicyclic) bond motifs is 1. The van der Waals surface area contributed by atoms with Gasteiger partial charge in [-0.25, -0.2) is 19.6 Å². The SMILES string of the molecule is Cc1nc2c(ncn2C)c(=O)[nH]1.Cn1ccc(=O)[nH]c1=O.Cn1ccc(N)nc1=O. The van der Waals surface area contributed by atoms with E-state index in [0.717, 1.165) is 0 Å². The first-order valence-electron chi connectivity index (χ1n) is 8.51. The second kappa shape index (κ2) is 9.27. The summed E-state index contributed by atoms with van der Waals surface area (Å²) in [5.41, 5.74) is 4.96. The Bertz CT molecular complexity index is 1390. The van der Waals surface area contributed by atoms with Crippen LogP contribution in [0.2, 0.25) is 0 Å². The van der Waals surface area contributed by atoms with Crippen LogP contribution in [0.15, 0.2) is 50.0 Å². The molecule has 0 bridgehead atoms. The summed E-state index contributed by atoms with van der Waals surface area (Å²) in [6.45, 7) is 1.74. The quantitative estimate of drug-likeness (QED) is 0.307. The molecule has 4 aromatic rings. The minimum atomic E-state index is -0.387. The summed E-state index contributed by atoms with van der Waals surface area (Å²) in [7, 11) is 4.99. The summed E-state index contributed by atoms with van der Waals surface area (Å²) >= 11 is 0. The molecule has 30 heavy (non-hydrogen) atoms. The van der Waals surface area contributed by atoms with E-state index in [1.807, 2.05) is 0 Å². The molecule has 158 valence electrons. The van der Waals surface area contributed by atoms with Crippen molar-refractivity contribution in [3.05, 3.63) is 78.4 Å². The van der Waals surface area contributed by atoms with Crippen LogP contribution in [0.25, 0.3) is 11.2 Å². The van der Waals surface area contributed by atoms with Gasteiger partial charge in [0.15, 0.2) is 11.2 Å². The zero-order chi connectivity index (χ0) is 22.4. The van der Waals surface area contributed by atoms with Gasteiger partial charge in [0.05, 0.1) is 6.33 Å². The zero-order valence-corrected chi connectivity index (χ0v) is 16.8. The second-order valence-electron chi connectivity index (χ2n) is 6.15. The number of hydrogen-bond acceptors (Lipinski definition) is 8. The van der Waals surface area contributed by atoms with E-state index in [2.05, 4.69) is 24.9 Å². The highest BCUT2D eigenvalue weighted by Gasteiger charge is 2.04. The number of nitrogens with two attached hydrogens (primary N) is 1. The standard InChI is InChI=1S/C7H8N4O.C5H7N3O.C5H6N2O2/c1-4-9-6-5(7(12)10-4)8-3-11(6)2;1-8-3-2-4(6)7-5(8)9;1-7-3-2-4(8)6-5(7)9/h3H,1-2H3,(H,9,10,12);2-3H,1H3,(H2,6,7,9);2-3H,1H3,(H,6,8,9). The Labute approximate surface area is 168 Å². The Hall–Kier alpha value is -4.29. The monoisotopic (exact) mass is 415 g/mol. The molecule has 0 saturated heterocycles. The van der Waals surface area contributed by atoms with Gasteiger partial charge in [-0.15, -0.1) is 0 Å². The Balaban J connectivity index is 0.000000163. The molecule has 4 N–H and O–H groups in total. The van der Waals surface area contributed by atoms with Crippen LogP contribution in [0.5, 0.6) is 0 Å². The molecule has 0 atom stereocenters. The number of imidazole rings is 1. The van der Waals surface area contributed by atoms with Crippen molar-refractivity contribution in [2.45, 2.75) is 6.92 Å². The molecular formula is C17H21N9O4. The maximum Gasteiger partial charge on any atom is 0.349 e. The summed E-state index contributed by atoms with van der Waals surface area (Å²) < 4.78 is 4.37. The fourth-order valence-electron chi connectivity index (χ4n) is 2.09. The first kappa shape index (κ1) is 22.0. The third kappa shape index (κ3) is 5.60. The molecule has 4 aromatic heterocycles. The highest BCUT2D eigenvalue weighted by molar-refractivity contribution is 5.68. The first-order valence-corrected chi connectivity index (χ1v) is 8.51. The lowest BCUT2D eigenvalue weighted by molar-refractivity contribution is 0.799. The van der Waals surface area contributed by atoms with Crippen molar-refractivity contribution in [3.63, 3.8) is 0 Å². The molecule has 0 aliphatic rings. The smallest absolute Gasteiger partial charge is 0.349 e. The van der Waals surface area contributed by atoms with Gasteiger partial charge in [0, 0.05) is 39.6 Å². The molecular weight excluding hydrogens is 394 g/mol. The summed E-state index contributed by atoms with van der Waals surface area (Å²) in [6.07, 6.45) is 4.57. The molecule has 0 saturated carbocycles. The van der Waals surface area contributed by atoms with Crippen molar-refractivity contribution >= 4 is 17.0 Å². The van der Waals surface area contributed by atoms with Gasteiger partial charge >= 0.3 is 11.4 Å². The number of nitrogens with one attached hydrogen (secondary N) is 2. The van der Waals surface area contributed by atoms with Crippen molar-refractivity contribution in [3.8, 4) is 0 Å². The molecule has 13 heteroatoms. The molecule has 4 rings (SSSR count). The van der Waals surface area contributed by atoms with E-state index in [0.29, 0.717) is 17.0 Å². The molecule has 0 fully saturated rings. The van der Waals surface area contributed by atoms with E-state index in [-0.39, 0.29) is 28.3 Å². The average Bonchev–Trinajstić information content (AvgIpc) is 3.04. The van der Waals surface area contributed by atoms with Gasteiger partial charge in [-0.2, -0.15) is 4.98 Å². The van der Waals surface area contributed by atoms with Crippen molar-refractivity contribution in [1.82, 2.24) is 38.6 Å². The largest absolute Gasteiger partial charge is 0.383 e. The molecule has 4 heterocycles. The number of nitrogen functional groups attached to an aromatic ring is 1. The van der Waals surface area contributed by atoms with Gasteiger partial charge in [0.25, 0.3) is 11.1 Å². The fourth-order valence-corrected chi connectivity index (χ4v) is 2.09. The number of aromatic amines is 2. The van der Waals surface area contributed by atoms with E-state index >= 15 is 0 Å². The van der Waals surface area contributed by atoms with E-state index in [1.165, 1.54) is 21.4 Å². The normalized spacial score (nSPS) is 10.0. The Morgan fingerprint density at radius 1 is 0.900 bits per heavy atom. The Kier molecular flexibility index (Phi) is 6.80. The Morgan fingerprint density at radius 2 is 1.57 bits per heavy atom. The molecule has 0 amide bonds. The maximum absolute atomic E-state index is 11.2. The van der Waals surface area contributed by atoms with Crippen LogP contribution in [0, 0.1) is 6.92 Å².